The third-order valence-electron chi connectivity index (χ3n) is 4.66. The van der Waals surface area contributed by atoms with Gasteiger partial charge in [-0.3, -0.25) is 9.10 Å². The van der Waals surface area contributed by atoms with Gasteiger partial charge in [0.1, 0.15) is 5.75 Å². The van der Waals surface area contributed by atoms with Crippen LogP contribution in [0.15, 0.2) is 36.4 Å². The zero-order chi connectivity index (χ0) is 22.1. The predicted molar refractivity (Wildman–Crippen MR) is 114 cm³/mol. The Labute approximate surface area is 179 Å². The number of carbonyl (C=O) groups is 2. The first-order chi connectivity index (χ1) is 14.1. The van der Waals surface area contributed by atoms with Crippen LogP contribution in [0, 0.1) is 6.92 Å². The molecule has 0 fully saturated rings. The van der Waals surface area contributed by atoms with Crippen LogP contribution in [0.2, 0.25) is 5.02 Å². The molecule has 0 saturated carbocycles. The first kappa shape index (κ1) is 21.9. The van der Waals surface area contributed by atoms with Gasteiger partial charge in [0.25, 0.3) is 5.91 Å². The number of esters is 1. The number of nitrogens with one attached hydrogen (secondary N) is 1. The molecule has 8 nitrogen and oxygen atoms in total. The van der Waals surface area contributed by atoms with Gasteiger partial charge in [0.15, 0.2) is 6.10 Å². The highest BCUT2D eigenvalue weighted by atomic mass is 35.5. The maximum Gasteiger partial charge on any atom is 0.337 e. The lowest BCUT2D eigenvalue weighted by Gasteiger charge is -2.21. The number of amides is 1. The van der Waals surface area contributed by atoms with Gasteiger partial charge < -0.3 is 14.8 Å². The van der Waals surface area contributed by atoms with Gasteiger partial charge in [-0.15, -0.1) is 0 Å². The van der Waals surface area contributed by atoms with Crippen molar-refractivity contribution >= 4 is 44.9 Å². The SMILES string of the molecule is COC(=O)c1ccc(C)c(NC(=O)[C@H]2CCN(S(C)(=O)=O)c3cc(Cl)ccc3O2)c1. The van der Waals surface area contributed by atoms with Crippen molar-refractivity contribution in [3.05, 3.63) is 52.5 Å². The summed E-state index contributed by atoms with van der Waals surface area (Å²) >= 11 is 6.03. The van der Waals surface area contributed by atoms with Crippen molar-refractivity contribution in [1.29, 1.82) is 0 Å². The van der Waals surface area contributed by atoms with Gasteiger partial charge in [-0.2, -0.15) is 0 Å². The Kier molecular flexibility index (Phi) is 6.23. The lowest BCUT2D eigenvalue weighted by Crippen LogP contribution is -2.36. The molecule has 0 aliphatic carbocycles. The predicted octanol–water partition coefficient (Wildman–Crippen LogP) is 2.99. The Balaban J connectivity index is 1.88. The van der Waals surface area contributed by atoms with Gasteiger partial charge in [0, 0.05) is 23.7 Å². The second kappa shape index (κ2) is 8.53. The third kappa shape index (κ3) is 4.68. The fourth-order valence-corrected chi connectivity index (χ4v) is 4.20. The molecule has 1 aliphatic heterocycles. The molecule has 3 rings (SSSR count). The van der Waals surface area contributed by atoms with E-state index >= 15 is 0 Å². The first-order valence-corrected chi connectivity index (χ1v) is 11.3. The second-order valence-corrected chi connectivity index (χ2v) is 9.20. The lowest BCUT2D eigenvalue weighted by atomic mass is 10.1. The van der Waals surface area contributed by atoms with Crippen LogP contribution in [0.5, 0.6) is 5.75 Å². The van der Waals surface area contributed by atoms with Gasteiger partial charge in [-0.05, 0) is 42.8 Å². The van der Waals surface area contributed by atoms with E-state index in [1.54, 1.807) is 25.1 Å². The Bertz CT molecular complexity index is 1100. The lowest BCUT2D eigenvalue weighted by molar-refractivity contribution is -0.122. The minimum absolute atomic E-state index is 0.0471. The number of halogens is 1. The largest absolute Gasteiger partial charge is 0.478 e. The van der Waals surface area contributed by atoms with Crippen molar-refractivity contribution in [3.8, 4) is 5.75 Å². The van der Waals surface area contributed by atoms with Crippen molar-refractivity contribution in [2.75, 3.05) is 29.5 Å². The molecule has 0 unspecified atom stereocenters. The number of benzene rings is 2. The van der Waals surface area contributed by atoms with E-state index in [4.69, 9.17) is 21.1 Å². The zero-order valence-corrected chi connectivity index (χ0v) is 18.2. The van der Waals surface area contributed by atoms with E-state index in [0.717, 1.165) is 11.8 Å². The summed E-state index contributed by atoms with van der Waals surface area (Å²) in [5, 5.41) is 3.11. The molecule has 1 amide bonds. The molecule has 160 valence electrons. The number of methoxy groups -OCH3 is 1. The molecule has 2 aromatic rings. The van der Waals surface area contributed by atoms with Crippen LogP contribution in [-0.4, -0.2) is 46.3 Å². The molecule has 0 saturated heterocycles. The number of rotatable bonds is 4. The van der Waals surface area contributed by atoms with Crippen LogP contribution in [0.25, 0.3) is 0 Å². The summed E-state index contributed by atoms with van der Waals surface area (Å²) < 4.78 is 36.2. The number of carbonyl (C=O) groups excluding carboxylic acids is 2. The molecule has 1 heterocycles. The summed E-state index contributed by atoms with van der Waals surface area (Å²) in [6, 6.07) is 9.39. The second-order valence-electron chi connectivity index (χ2n) is 6.85. The number of hydrogen-bond donors (Lipinski definition) is 1. The molecular weight excluding hydrogens is 432 g/mol. The van der Waals surface area contributed by atoms with Gasteiger partial charge in [0.05, 0.1) is 24.6 Å². The number of fused-ring (bicyclic) bond motifs is 1. The fraction of sp³-hybridized carbons (Fsp3) is 0.300. The molecule has 2 aromatic carbocycles. The van der Waals surface area contributed by atoms with E-state index < -0.39 is 28.0 Å². The Hall–Kier alpha value is -2.78. The summed E-state index contributed by atoms with van der Waals surface area (Å²) in [5.41, 5.74) is 1.76. The standard InChI is InChI=1S/C20H21ClN2O6S/c1-12-4-5-13(20(25)28-2)10-15(12)22-19(24)18-8-9-23(30(3,26)27)16-11-14(21)6-7-17(16)29-18/h4-7,10-11,18H,8-9H2,1-3H3,(H,22,24)/t18-/m1/s1. The van der Waals surface area contributed by atoms with Gasteiger partial charge >= 0.3 is 5.97 Å². The van der Waals surface area contributed by atoms with Crippen molar-refractivity contribution < 1.29 is 27.5 Å². The maximum atomic E-state index is 12.9. The zero-order valence-electron chi connectivity index (χ0n) is 16.6. The Morgan fingerprint density at radius 1 is 1.23 bits per heavy atom. The molecule has 1 atom stereocenters. The van der Waals surface area contributed by atoms with Crippen molar-refractivity contribution in [2.24, 2.45) is 0 Å². The first-order valence-electron chi connectivity index (χ1n) is 9.04. The van der Waals surface area contributed by atoms with Crippen LogP contribution in [0.1, 0.15) is 22.3 Å². The fourth-order valence-electron chi connectivity index (χ4n) is 3.10. The molecule has 0 spiro atoms. The van der Waals surface area contributed by atoms with E-state index in [0.29, 0.717) is 16.3 Å². The summed E-state index contributed by atoms with van der Waals surface area (Å²) in [4.78, 5) is 24.7. The molecular formula is C20H21ClN2O6S. The van der Waals surface area contributed by atoms with Crippen LogP contribution in [0.4, 0.5) is 11.4 Å². The smallest absolute Gasteiger partial charge is 0.337 e. The van der Waals surface area contributed by atoms with Gasteiger partial charge in [-0.1, -0.05) is 17.7 Å². The summed E-state index contributed by atoms with van der Waals surface area (Å²) in [7, 11) is -2.33. The average Bonchev–Trinajstić information content (AvgIpc) is 2.88. The number of hydrogen-bond acceptors (Lipinski definition) is 6. The molecule has 0 aromatic heterocycles. The molecule has 1 aliphatic rings. The van der Waals surface area contributed by atoms with Gasteiger partial charge in [0.2, 0.25) is 10.0 Å². The molecule has 10 heteroatoms. The van der Waals surface area contributed by atoms with Crippen LogP contribution in [0.3, 0.4) is 0 Å². The number of ether oxygens (including phenoxy) is 2. The minimum Gasteiger partial charge on any atom is -0.478 e. The van der Waals surface area contributed by atoms with Crippen LogP contribution < -0.4 is 14.4 Å². The van der Waals surface area contributed by atoms with E-state index in [1.807, 2.05) is 0 Å². The highest BCUT2D eigenvalue weighted by Gasteiger charge is 2.31. The van der Waals surface area contributed by atoms with E-state index in [2.05, 4.69) is 5.32 Å². The van der Waals surface area contributed by atoms with E-state index in [-0.39, 0.29) is 24.4 Å². The number of nitrogens with zero attached hydrogens (tertiary/aromatic N) is 1. The van der Waals surface area contributed by atoms with Crippen LogP contribution in [-0.2, 0) is 19.6 Å². The number of aryl methyl sites for hydroxylation is 1. The Morgan fingerprint density at radius 3 is 2.63 bits per heavy atom. The molecule has 0 radical (unpaired) electrons. The summed E-state index contributed by atoms with van der Waals surface area (Å²) in [5.74, 6) is -0.746. The number of sulfonamides is 1. The maximum absolute atomic E-state index is 12.9. The molecule has 0 bridgehead atoms. The minimum atomic E-state index is -3.60. The molecule has 1 N–H and O–H groups in total. The summed E-state index contributed by atoms with van der Waals surface area (Å²) in [6.07, 6.45) is 0.263. The van der Waals surface area contributed by atoms with E-state index in [1.165, 1.54) is 29.6 Å². The third-order valence-corrected chi connectivity index (χ3v) is 6.08. The summed E-state index contributed by atoms with van der Waals surface area (Å²) in [6.45, 7) is 1.83. The number of anilines is 2. The van der Waals surface area contributed by atoms with Gasteiger partial charge in [-0.25, -0.2) is 13.2 Å². The highest BCUT2D eigenvalue weighted by Crippen LogP contribution is 2.36. The van der Waals surface area contributed by atoms with Crippen molar-refractivity contribution in [1.82, 2.24) is 0 Å². The van der Waals surface area contributed by atoms with Crippen molar-refractivity contribution in [3.63, 3.8) is 0 Å². The quantitative estimate of drug-likeness (QED) is 0.715. The van der Waals surface area contributed by atoms with Crippen LogP contribution >= 0.6 is 11.6 Å². The average molecular weight is 453 g/mol. The Morgan fingerprint density at radius 2 is 1.97 bits per heavy atom. The monoisotopic (exact) mass is 452 g/mol. The van der Waals surface area contributed by atoms with Crippen molar-refractivity contribution in [2.45, 2.75) is 19.4 Å². The molecule has 30 heavy (non-hydrogen) atoms. The van der Waals surface area contributed by atoms with E-state index in [9.17, 15) is 18.0 Å². The highest BCUT2D eigenvalue weighted by molar-refractivity contribution is 7.92. The normalized spacial score (nSPS) is 16.1. The topological polar surface area (TPSA) is 102 Å².